The van der Waals surface area contributed by atoms with Gasteiger partial charge in [0.2, 0.25) is 0 Å². The lowest BCUT2D eigenvalue weighted by molar-refractivity contribution is 0.104. The van der Waals surface area contributed by atoms with Crippen LogP contribution in [0.25, 0.3) is 10.8 Å². The summed E-state index contributed by atoms with van der Waals surface area (Å²) in [5.74, 6) is 0.470. The molecule has 0 saturated heterocycles. The number of hydrogen-bond acceptors (Lipinski definition) is 2. The number of hydrogen-bond donors (Lipinski definition) is 0. The SMILES string of the molecule is C=CC(=O)c1c(OC)ccc2ccccc12. The summed E-state index contributed by atoms with van der Waals surface area (Å²) in [6, 6.07) is 11.5. The van der Waals surface area contributed by atoms with Crippen molar-refractivity contribution in [2.24, 2.45) is 0 Å². The number of allylic oxidation sites excluding steroid dienone is 1. The Labute approximate surface area is 94.2 Å². The molecule has 0 heterocycles. The van der Waals surface area contributed by atoms with E-state index in [1.165, 1.54) is 6.08 Å². The van der Waals surface area contributed by atoms with Crippen LogP contribution >= 0.6 is 0 Å². The summed E-state index contributed by atoms with van der Waals surface area (Å²) in [4.78, 5) is 11.8. The second-order valence-corrected chi connectivity index (χ2v) is 3.43. The smallest absolute Gasteiger partial charge is 0.189 e. The Balaban J connectivity index is 2.83. The van der Waals surface area contributed by atoms with Gasteiger partial charge in [-0.05, 0) is 22.9 Å². The van der Waals surface area contributed by atoms with Gasteiger partial charge in [-0.3, -0.25) is 4.79 Å². The molecule has 0 fully saturated rings. The Morgan fingerprint density at radius 2 is 2.00 bits per heavy atom. The van der Waals surface area contributed by atoms with E-state index < -0.39 is 0 Å². The third kappa shape index (κ3) is 1.58. The van der Waals surface area contributed by atoms with Crippen molar-refractivity contribution in [3.05, 3.63) is 54.6 Å². The van der Waals surface area contributed by atoms with Crippen LogP contribution in [0.5, 0.6) is 5.75 Å². The number of ketones is 1. The molecule has 0 aliphatic rings. The van der Waals surface area contributed by atoms with E-state index in [-0.39, 0.29) is 5.78 Å². The van der Waals surface area contributed by atoms with Gasteiger partial charge in [-0.2, -0.15) is 0 Å². The minimum Gasteiger partial charge on any atom is -0.496 e. The topological polar surface area (TPSA) is 26.3 Å². The highest BCUT2D eigenvalue weighted by molar-refractivity contribution is 6.15. The number of ether oxygens (including phenoxy) is 1. The fourth-order valence-electron chi connectivity index (χ4n) is 1.78. The van der Waals surface area contributed by atoms with E-state index in [1.54, 1.807) is 13.2 Å². The maximum Gasteiger partial charge on any atom is 0.189 e. The molecule has 2 aromatic rings. The molecule has 0 atom stereocenters. The summed E-state index contributed by atoms with van der Waals surface area (Å²) in [6.07, 6.45) is 1.31. The standard InChI is InChI=1S/C14H12O2/c1-3-12(15)14-11-7-5-4-6-10(11)8-9-13(14)16-2/h3-9H,1H2,2H3. The first-order valence-corrected chi connectivity index (χ1v) is 5.00. The Morgan fingerprint density at radius 3 is 2.69 bits per heavy atom. The van der Waals surface area contributed by atoms with Crippen molar-refractivity contribution in [2.45, 2.75) is 0 Å². The average molecular weight is 212 g/mol. The molecule has 0 unspecified atom stereocenters. The predicted molar refractivity (Wildman–Crippen MR) is 65.0 cm³/mol. The first-order valence-electron chi connectivity index (χ1n) is 5.00. The number of rotatable bonds is 3. The molecule has 16 heavy (non-hydrogen) atoms. The van der Waals surface area contributed by atoms with Crippen molar-refractivity contribution in [3.63, 3.8) is 0 Å². The molecule has 0 radical (unpaired) electrons. The second-order valence-electron chi connectivity index (χ2n) is 3.43. The van der Waals surface area contributed by atoms with Gasteiger partial charge < -0.3 is 4.74 Å². The highest BCUT2D eigenvalue weighted by Crippen LogP contribution is 2.28. The molecule has 2 nitrogen and oxygen atoms in total. The van der Waals surface area contributed by atoms with Crippen molar-refractivity contribution in [3.8, 4) is 5.75 Å². The van der Waals surface area contributed by atoms with Gasteiger partial charge in [0.25, 0.3) is 0 Å². The monoisotopic (exact) mass is 212 g/mol. The normalized spacial score (nSPS) is 10.1. The van der Waals surface area contributed by atoms with E-state index in [9.17, 15) is 4.79 Å². The van der Waals surface area contributed by atoms with Gasteiger partial charge in [-0.15, -0.1) is 0 Å². The lowest BCUT2D eigenvalue weighted by Crippen LogP contribution is -1.99. The van der Waals surface area contributed by atoms with Crippen molar-refractivity contribution in [2.75, 3.05) is 7.11 Å². The van der Waals surface area contributed by atoms with Crippen molar-refractivity contribution in [1.29, 1.82) is 0 Å². The molecule has 80 valence electrons. The van der Waals surface area contributed by atoms with Crippen LogP contribution in [0.4, 0.5) is 0 Å². The molecule has 0 N–H and O–H groups in total. The summed E-state index contributed by atoms with van der Waals surface area (Å²) in [5.41, 5.74) is 0.579. The molecule has 2 rings (SSSR count). The molecule has 2 heteroatoms. The van der Waals surface area contributed by atoms with Gasteiger partial charge in [0.05, 0.1) is 12.7 Å². The van der Waals surface area contributed by atoms with E-state index >= 15 is 0 Å². The van der Waals surface area contributed by atoms with Gasteiger partial charge in [-0.25, -0.2) is 0 Å². The van der Waals surface area contributed by atoms with Gasteiger partial charge in [0.15, 0.2) is 5.78 Å². The summed E-state index contributed by atoms with van der Waals surface area (Å²) in [6.45, 7) is 3.51. The zero-order valence-electron chi connectivity index (χ0n) is 9.07. The van der Waals surface area contributed by atoms with Crippen molar-refractivity contribution < 1.29 is 9.53 Å². The van der Waals surface area contributed by atoms with Gasteiger partial charge in [-0.1, -0.05) is 36.9 Å². The molecule has 0 aromatic heterocycles. The van der Waals surface area contributed by atoms with Crippen molar-refractivity contribution >= 4 is 16.6 Å². The van der Waals surface area contributed by atoms with E-state index in [2.05, 4.69) is 6.58 Å². The number of fused-ring (bicyclic) bond motifs is 1. The van der Waals surface area contributed by atoms with Gasteiger partial charge in [0.1, 0.15) is 5.75 Å². The maximum absolute atomic E-state index is 11.8. The largest absolute Gasteiger partial charge is 0.496 e. The van der Waals surface area contributed by atoms with Crippen LogP contribution in [0.2, 0.25) is 0 Å². The third-order valence-corrected chi connectivity index (χ3v) is 2.54. The van der Waals surface area contributed by atoms with Crippen LogP contribution in [-0.4, -0.2) is 12.9 Å². The Bertz CT molecular complexity index is 556. The lowest BCUT2D eigenvalue weighted by atomic mass is 10.0. The molecule has 0 aliphatic heterocycles. The number of carbonyl (C=O) groups excluding carboxylic acids is 1. The Morgan fingerprint density at radius 1 is 1.25 bits per heavy atom. The van der Waals surface area contributed by atoms with Crippen LogP contribution in [0.3, 0.4) is 0 Å². The summed E-state index contributed by atoms with van der Waals surface area (Å²) in [5, 5.41) is 1.92. The van der Waals surface area contributed by atoms with E-state index in [0.29, 0.717) is 11.3 Å². The molecular weight excluding hydrogens is 200 g/mol. The quantitative estimate of drug-likeness (QED) is 0.576. The summed E-state index contributed by atoms with van der Waals surface area (Å²) < 4.78 is 5.21. The number of benzene rings is 2. The van der Waals surface area contributed by atoms with E-state index in [1.807, 2.05) is 30.3 Å². The molecule has 0 amide bonds. The molecule has 0 saturated carbocycles. The zero-order chi connectivity index (χ0) is 11.5. The molecule has 0 spiro atoms. The maximum atomic E-state index is 11.8. The van der Waals surface area contributed by atoms with Crippen LogP contribution in [0.15, 0.2) is 49.1 Å². The molecule has 0 bridgehead atoms. The minimum atomic E-state index is -0.117. The van der Waals surface area contributed by atoms with E-state index in [0.717, 1.165) is 10.8 Å². The number of methoxy groups -OCH3 is 1. The lowest BCUT2D eigenvalue weighted by Gasteiger charge is -2.09. The van der Waals surface area contributed by atoms with Gasteiger partial charge in [0, 0.05) is 0 Å². The van der Waals surface area contributed by atoms with Gasteiger partial charge >= 0.3 is 0 Å². The number of carbonyl (C=O) groups is 1. The second kappa shape index (κ2) is 4.19. The van der Waals surface area contributed by atoms with Crippen LogP contribution in [0.1, 0.15) is 10.4 Å². The Kier molecular flexibility index (Phi) is 2.73. The first kappa shape index (κ1) is 10.4. The summed E-state index contributed by atoms with van der Waals surface area (Å²) in [7, 11) is 1.56. The zero-order valence-corrected chi connectivity index (χ0v) is 9.07. The Hall–Kier alpha value is -2.09. The molecular formula is C14H12O2. The molecule has 2 aromatic carbocycles. The fourth-order valence-corrected chi connectivity index (χ4v) is 1.78. The average Bonchev–Trinajstić information content (AvgIpc) is 2.36. The van der Waals surface area contributed by atoms with Crippen LogP contribution < -0.4 is 4.74 Å². The highest BCUT2D eigenvalue weighted by Gasteiger charge is 2.12. The predicted octanol–water partition coefficient (Wildman–Crippen LogP) is 3.22. The van der Waals surface area contributed by atoms with Crippen molar-refractivity contribution in [1.82, 2.24) is 0 Å². The first-order chi connectivity index (χ1) is 7.77. The van der Waals surface area contributed by atoms with Crippen LogP contribution in [0, 0.1) is 0 Å². The summed E-state index contributed by atoms with van der Waals surface area (Å²) >= 11 is 0. The molecule has 0 aliphatic carbocycles. The fraction of sp³-hybridized carbons (Fsp3) is 0.0714. The highest BCUT2D eigenvalue weighted by atomic mass is 16.5. The third-order valence-electron chi connectivity index (χ3n) is 2.54. The minimum absolute atomic E-state index is 0.117. The van der Waals surface area contributed by atoms with Crippen LogP contribution in [-0.2, 0) is 0 Å². The van der Waals surface area contributed by atoms with E-state index in [4.69, 9.17) is 4.74 Å².